The zero-order valence-corrected chi connectivity index (χ0v) is 16.0. The van der Waals surface area contributed by atoms with E-state index in [2.05, 4.69) is 15.6 Å². The van der Waals surface area contributed by atoms with Crippen LogP contribution in [0.3, 0.4) is 0 Å². The highest BCUT2D eigenvalue weighted by molar-refractivity contribution is 6.01. The van der Waals surface area contributed by atoms with Crippen molar-refractivity contribution in [1.29, 1.82) is 0 Å². The van der Waals surface area contributed by atoms with Crippen LogP contribution in [0.25, 0.3) is 11.0 Å². The van der Waals surface area contributed by atoms with Crippen LogP contribution in [-0.2, 0) is 11.3 Å². The Morgan fingerprint density at radius 2 is 1.85 bits per heavy atom. The molecule has 140 valence electrons. The topological polar surface area (TPSA) is 80.1 Å². The molecule has 0 spiro atoms. The minimum Gasteiger partial charge on any atom is -0.332 e. The van der Waals surface area contributed by atoms with Crippen molar-refractivity contribution in [1.82, 2.24) is 19.9 Å². The summed E-state index contributed by atoms with van der Waals surface area (Å²) in [5, 5.41) is 11.0. The Hall–Kier alpha value is -3.22. The van der Waals surface area contributed by atoms with E-state index in [1.165, 1.54) is 4.90 Å². The Kier molecular flexibility index (Phi) is 5.21. The second kappa shape index (κ2) is 7.57. The van der Waals surface area contributed by atoms with Crippen molar-refractivity contribution >= 4 is 28.5 Å². The van der Waals surface area contributed by atoms with Gasteiger partial charge in [0.15, 0.2) is 0 Å². The number of aryl methyl sites for hydroxylation is 3. The largest absolute Gasteiger partial charge is 0.332 e. The van der Waals surface area contributed by atoms with Gasteiger partial charge in [0.25, 0.3) is 5.91 Å². The molecule has 0 fully saturated rings. The van der Waals surface area contributed by atoms with E-state index in [1.807, 2.05) is 45.0 Å². The first-order valence-corrected chi connectivity index (χ1v) is 8.85. The number of hydrogen-bond acceptors (Lipinski definition) is 4. The zero-order valence-electron chi connectivity index (χ0n) is 16.0. The number of para-hydroxylation sites is 1. The number of benzene rings is 2. The number of anilines is 1. The smallest absolute Gasteiger partial charge is 0.254 e. The minimum atomic E-state index is -0.236. The average molecular weight is 365 g/mol. The monoisotopic (exact) mass is 365 g/mol. The van der Waals surface area contributed by atoms with Crippen molar-refractivity contribution in [2.45, 2.75) is 27.3 Å². The van der Waals surface area contributed by atoms with Gasteiger partial charge in [-0.2, -0.15) is 0 Å². The Labute approximate surface area is 158 Å². The predicted molar refractivity (Wildman–Crippen MR) is 105 cm³/mol. The maximum absolute atomic E-state index is 12.7. The van der Waals surface area contributed by atoms with E-state index in [0.717, 1.165) is 22.3 Å². The highest BCUT2D eigenvalue weighted by atomic mass is 16.2. The van der Waals surface area contributed by atoms with Gasteiger partial charge in [0.2, 0.25) is 5.91 Å². The number of nitrogens with zero attached hydrogens (tertiary/aromatic N) is 4. The highest BCUT2D eigenvalue weighted by Gasteiger charge is 2.17. The summed E-state index contributed by atoms with van der Waals surface area (Å²) >= 11 is 0. The molecule has 0 aliphatic heterocycles. The van der Waals surface area contributed by atoms with E-state index in [9.17, 15) is 9.59 Å². The molecule has 0 radical (unpaired) electrons. The fourth-order valence-electron chi connectivity index (χ4n) is 3.04. The van der Waals surface area contributed by atoms with Crippen LogP contribution in [-0.4, -0.2) is 45.3 Å². The first-order valence-electron chi connectivity index (χ1n) is 8.85. The first kappa shape index (κ1) is 18.6. The van der Waals surface area contributed by atoms with Gasteiger partial charge in [-0.3, -0.25) is 9.59 Å². The summed E-state index contributed by atoms with van der Waals surface area (Å²) in [6, 6.07) is 11.1. The summed E-state index contributed by atoms with van der Waals surface area (Å²) in [6.45, 7) is 6.54. The molecule has 27 heavy (non-hydrogen) atoms. The van der Waals surface area contributed by atoms with E-state index >= 15 is 0 Å². The molecule has 3 rings (SSSR count). The van der Waals surface area contributed by atoms with Gasteiger partial charge in [-0.05, 0) is 50.1 Å². The fraction of sp³-hybridized carbons (Fsp3) is 0.300. The predicted octanol–water partition coefficient (Wildman–Crippen LogP) is 2.78. The van der Waals surface area contributed by atoms with E-state index in [0.29, 0.717) is 17.6 Å². The molecule has 0 saturated heterocycles. The van der Waals surface area contributed by atoms with Crippen LogP contribution < -0.4 is 5.32 Å². The Morgan fingerprint density at radius 3 is 2.52 bits per heavy atom. The third-order valence-corrected chi connectivity index (χ3v) is 4.53. The molecule has 0 unspecified atom stereocenters. The second-order valence-electron chi connectivity index (χ2n) is 6.58. The molecular formula is C20H23N5O2. The van der Waals surface area contributed by atoms with Crippen molar-refractivity contribution in [2.75, 3.05) is 18.9 Å². The van der Waals surface area contributed by atoms with Crippen molar-refractivity contribution in [3.05, 3.63) is 53.1 Å². The van der Waals surface area contributed by atoms with Crippen LogP contribution in [0, 0.1) is 13.8 Å². The number of likely N-dealkylation sites (N-methyl/N-ethyl adjacent to an activating group) is 1. The summed E-state index contributed by atoms with van der Waals surface area (Å²) < 4.78 is 1.77. The Bertz CT molecular complexity index is 989. The third-order valence-electron chi connectivity index (χ3n) is 4.53. The molecule has 1 aromatic heterocycles. The summed E-state index contributed by atoms with van der Waals surface area (Å²) in [4.78, 5) is 26.5. The third kappa shape index (κ3) is 3.81. The van der Waals surface area contributed by atoms with Gasteiger partial charge in [0.1, 0.15) is 5.52 Å². The van der Waals surface area contributed by atoms with Crippen LogP contribution in [0.1, 0.15) is 28.4 Å². The normalized spacial score (nSPS) is 10.8. The highest BCUT2D eigenvalue weighted by Crippen LogP contribution is 2.19. The van der Waals surface area contributed by atoms with Crippen LogP contribution >= 0.6 is 0 Å². The first-order chi connectivity index (χ1) is 12.9. The number of carbonyl (C=O) groups is 2. The Morgan fingerprint density at radius 1 is 1.15 bits per heavy atom. The maximum Gasteiger partial charge on any atom is 0.254 e. The second-order valence-corrected chi connectivity index (χ2v) is 6.58. The van der Waals surface area contributed by atoms with Gasteiger partial charge in [-0.15, -0.1) is 5.10 Å². The van der Waals surface area contributed by atoms with Gasteiger partial charge in [-0.1, -0.05) is 23.4 Å². The standard InChI is InChI=1S/C20H23N5O2/c1-5-25-17-10-9-15(11-16(17)22-23-25)20(27)24(4)12-18(26)21-19-13(2)7-6-8-14(19)3/h6-11H,5,12H2,1-4H3,(H,21,26). The number of aromatic nitrogens is 3. The van der Waals surface area contributed by atoms with Crippen LogP contribution in [0.5, 0.6) is 0 Å². The molecule has 0 aliphatic carbocycles. The lowest BCUT2D eigenvalue weighted by molar-refractivity contribution is -0.116. The lowest BCUT2D eigenvalue weighted by Gasteiger charge is -2.18. The van der Waals surface area contributed by atoms with Gasteiger partial charge in [-0.25, -0.2) is 4.68 Å². The van der Waals surface area contributed by atoms with E-state index in [1.54, 1.807) is 23.9 Å². The summed E-state index contributed by atoms with van der Waals surface area (Å²) in [6.07, 6.45) is 0. The molecule has 0 saturated carbocycles. The molecule has 2 amide bonds. The number of hydrogen-bond donors (Lipinski definition) is 1. The zero-order chi connectivity index (χ0) is 19.6. The van der Waals surface area contributed by atoms with Crippen molar-refractivity contribution in [3.63, 3.8) is 0 Å². The van der Waals surface area contributed by atoms with Gasteiger partial charge in [0.05, 0.1) is 12.1 Å². The molecule has 0 atom stereocenters. The molecule has 7 nitrogen and oxygen atoms in total. The van der Waals surface area contributed by atoms with E-state index in [4.69, 9.17) is 0 Å². The van der Waals surface area contributed by atoms with E-state index in [-0.39, 0.29) is 18.4 Å². The van der Waals surface area contributed by atoms with Gasteiger partial charge in [0, 0.05) is 24.8 Å². The minimum absolute atomic E-state index is 0.0354. The Balaban J connectivity index is 1.71. The van der Waals surface area contributed by atoms with Crippen molar-refractivity contribution < 1.29 is 9.59 Å². The van der Waals surface area contributed by atoms with Crippen LogP contribution in [0.15, 0.2) is 36.4 Å². The molecule has 1 heterocycles. The number of amides is 2. The average Bonchev–Trinajstić information content (AvgIpc) is 3.06. The van der Waals surface area contributed by atoms with E-state index < -0.39 is 0 Å². The maximum atomic E-state index is 12.7. The summed E-state index contributed by atoms with van der Waals surface area (Å²) in [5.41, 5.74) is 4.79. The van der Waals surface area contributed by atoms with Crippen LogP contribution in [0.2, 0.25) is 0 Å². The fourth-order valence-corrected chi connectivity index (χ4v) is 3.04. The van der Waals surface area contributed by atoms with Crippen LogP contribution in [0.4, 0.5) is 5.69 Å². The molecular weight excluding hydrogens is 342 g/mol. The van der Waals surface area contributed by atoms with Gasteiger partial charge >= 0.3 is 0 Å². The van der Waals surface area contributed by atoms with Gasteiger partial charge < -0.3 is 10.2 Å². The molecule has 3 aromatic rings. The molecule has 2 aromatic carbocycles. The molecule has 1 N–H and O–H groups in total. The lowest BCUT2D eigenvalue weighted by atomic mass is 10.1. The summed E-state index contributed by atoms with van der Waals surface area (Å²) in [7, 11) is 1.61. The number of nitrogens with one attached hydrogen (secondary N) is 1. The van der Waals surface area contributed by atoms with Crippen molar-refractivity contribution in [3.8, 4) is 0 Å². The molecule has 0 aliphatic rings. The molecule has 7 heteroatoms. The lowest BCUT2D eigenvalue weighted by Crippen LogP contribution is -2.35. The number of carbonyl (C=O) groups excluding carboxylic acids is 2. The molecule has 0 bridgehead atoms. The SMILES string of the molecule is CCn1nnc2cc(C(=O)N(C)CC(=O)Nc3c(C)cccc3C)ccc21. The van der Waals surface area contributed by atoms with Crippen molar-refractivity contribution in [2.24, 2.45) is 0 Å². The number of rotatable bonds is 5. The number of fused-ring (bicyclic) bond motifs is 1. The summed E-state index contributed by atoms with van der Waals surface area (Å²) in [5.74, 6) is -0.471. The quantitative estimate of drug-likeness (QED) is 0.754.